The van der Waals surface area contributed by atoms with Gasteiger partial charge in [-0.2, -0.15) is 0 Å². The highest BCUT2D eigenvalue weighted by Crippen LogP contribution is 2.35. The maximum absolute atomic E-state index is 15.3. The zero-order valence-electron chi connectivity index (χ0n) is 23.2. The standard InChI is InChI=1S/C32H25F2N3O6/c1-40-28-15-23-30(36-32(28)41-2)27(9-10-35-23)43-26-8-3-18(13-22(26)34)14-25(38)29-24-17-42-12-11-37(24)16-21(31(29)39)19-4-6-20(33)7-5-19/h3-10,13,15-16H,11-12,14,17H2,1-2H3. The number of methoxy groups -OCH3 is 2. The van der Waals surface area contributed by atoms with Gasteiger partial charge in [-0.3, -0.25) is 14.6 Å². The van der Waals surface area contributed by atoms with Gasteiger partial charge in [0.25, 0.3) is 5.88 Å². The van der Waals surface area contributed by atoms with Crippen LogP contribution in [0.25, 0.3) is 22.2 Å². The van der Waals surface area contributed by atoms with Crippen LogP contribution in [-0.2, 0) is 24.3 Å². The first-order valence-corrected chi connectivity index (χ1v) is 13.3. The van der Waals surface area contributed by atoms with Gasteiger partial charge in [0.2, 0.25) is 5.43 Å². The van der Waals surface area contributed by atoms with Crippen molar-refractivity contribution in [2.24, 2.45) is 0 Å². The molecule has 4 heterocycles. The van der Waals surface area contributed by atoms with Gasteiger partial charge in [0.15, 0.2) is 28.8 Å². The molecule has 0 N–H and O–H groups in total. The van der Waals surface area contributed by atoms with Crippen molar-refractivity contribution in [2.45, 2.75) is 19.6 Å². The van der Waals surface area contributed by atoms with E-state index in [4.69, 9.17) is 18.9 Å². The van der Waals surface area contributed by atoms with Crippen LogP contribution >= 0.6 is 0 Å². The Bertz CT molecular complexity index is 1920. The summed E-state index contributed by atoms with van der Waals surface area (Å²) in [6.45, 7) is 0.954. The Kier molecular flexibility index (Phi) is 7.56. The van der Waals surface area contributed by atoms with Crippen molar-refractivity contribution in [3.8, 4) is 34.3 Å². The Morgan fingerprint density at radius 1 is 1.00 bits per heavy atom. The van der Waals surface area contributed by atoms with E-state index in [1.165, 1.54) is 56.8 Å². The Morgan fingerprint density at radius 3 is 2.56 bits per heavy atom. The molecule has 2 aromatic carbocycles. The van der Waals surface area contributed by atoms with E-state index in [1.807, 2.05) is 4.57 Å². The van der Waals surface area contributed by atoms with Gasteiger partial charge in [0, 0.05) is 43.1 Å². The first-order valence-electron chi connectivity index (χ1n) is 13.3. The van der Waals surface area contributed by atoms with E-state index < -0.39 is 22.8 Å². The van der Waals surface area contributed by atoms with Crippen LogP contribution in [0.4, 0.5) is 8.78 Å². The van der Waals surface area contributed by atoms with Crippen LogP contribution in [0.1, 0.15) is 21.6 Å². The number of fused-ring (bicyclic) bond motifs is 2. The molecular weight excluding hydrogens is 560 g/mol. The molecule has 0 saturated heterocycles. The molecule has 0 fully saturated rings. The number of nitrogens with zero attached hydrogens (tertiary/aromatic N) is 3. The number of rotatable bonds is 8. The molecule has 0 spiro atoms. The normalized spacial score (nSPS) is 12.6. The van der Waals surface area contributed by atoms with Gasteiger partial charge >= 0.3 is 0 Å². The van der Waals surface area contributed by atoms with Gasteiger partial charge in [-0.25, -0.2) is 13.8 Å². The summed E-state index contributed by atoms with van der Waals surface area (Å²) in [5.74, 6) is -0.881. The molecule has 9 nitrogen and oxygen atoms in total. The van der Waals surface area contributed by atoms with Crippen LogP contribution in [-0.4, -0.2) is 41.1 Å². The predicted molar refractivity (Wildman–Crippen MR) is 153 cm³/mol. The molecule has 1 aliphatic rings. The van der Waals surface area contributed by atoms with Gasteiger partial charge in [0.05, 0.1) is 44.2 Å². The molecule has 0 amide bonds. The third-order valence-electron chi connectivity index (χ3n) is 7.14. The zero-order valence-corrected chi connectivity index (χ0v) is 23.2. The van der Waals surface area contributed by atoms with Gasteiger partial charge in [0.1, 0.15) is 11.3 Å². The third-order valence-corrected chi connectivity index (χ3v) is 7.14. The van der Waals surface area contributed by atoms with Crippen molar-refractivity contribution in [3.63, 3.8) is 0 Å². The summed E-state index contributed by atoms with van der Waals surface area (Å²) >= 11 is 0. The third kappa shape index (κ3) is 5.42. The lowest BCUT2D eigenvalue weighted by molar-refractivity contribution is 0.0804. The van der Waals surface area contributed by atoms with E-state index in [2.05, 4.69) is 9.97 Å². The number of aromatic nitrogens is 3. The number of carbonyl (C=O) groups excluding carboxylic acids is 1. The van der Waals surface area contributed by atoms with Gasteiger partial charge < -0.3 is 23.5 Å². The van der Waals surface area contributed by atoms with E-state index >= 15 is 4.39 Å². The molecule has 0 bridgehead atoms. The number of carbonyl (C=O) groups is 1. The maximum atomic E-state index is 15.3. The monoisotopic (exact) mass is 585 g/mol. The minimum Gasteiger partial charge on any atom is -0.491 e. The Morgan fingerprint density at radius 2 is 1.81 bits per heavy atom. The molecule has 11 heteroatoms. The highest BCUT2D eigenvalue weighted by Gasteiger charge is 2.25. The molecular formula is C32H25F2N3O6. The Hall–Kier alpha value is -5.16. The number of Topliss-reactive ketones (excluding diaryl/α,β-unsaturated/α-hetero) is 1. The van der Waals surface area contributed by atoms with Gasteiger partial charge in [-0.15, -0.1) is 0 Å². The number of benzene rings is 2. The fraction of sp³-hybridized carbons (Fsp3) is 0.188. The summed E-state index contributed by atoms with van der Waals surface area (Å²) in [7, 11) is 2.93. The predicted octanol–water partition coefficient (Wildman–Crippen LogP) is 5.50. The molecule has 218 valence electrons. The van der Waals surface area contributed by atoms with E-state index in [-0.39, 0.29) is 41.5 Å². The average Bonchev–Trinajstić information content (AvgIpc) is 3.02. The maximum Gasteiger partial charge on any atom is 0.257 e. The molecule has 3 aromatic heterocycles. The fourth-order valence-corrected chi connectivity index (χ4v) is 5.03. The topological polar surface area (TPSA) is 102 Å². The summed E-state index contributed by atoms with van der Waals surface area (Å²) in [6, 6.07) is 12.8. The lowest BCUT2D eigenvalue weighted by Crippen LogP contribution is -2.30. The molecule has 5 aromatic rings. The van der Waals surface area contributed by atoms with Crippen LogP contribution in [0.5, 0.6) is 23.1 Å². The fourth-order valence-electron chi connectivity index (χ4n) is 5.03. The number of pyridine rings is 3. The molecule has 0 saturated carbocycles. The second-order valence-electron chi connectivity index (χ2n) is 9.79. The largest absolute Gasteiger partial charge is 0.491 e. The number of hydrogen-bond acceptors (Lipinski definition) is 8. The number of halogens is 2. The minimum atomic E-state index is -0.710. The Balaban J connectivity index is 1.30. The van der Waals surface area contributed by atoms with Crippen LogP contribution in [0, 0.1) is 11.6 Å². The molecule has 0 radical (unpaired) electrons. The van der Waals surface area contributed by atoms with Crippen molar-refractivity contribution in [3.05, 3.63) is 106 Å². The zero-order chi connectivity index (χ0) is 30.1. The van der Waals surface area contributed by atoms with Gasteiger partial charge in [-0.05, 0) is 35.4 Å². The molecule has 1 aliphatic heterocycles. The van der Waals surface area contributed by atoms with Crippen LogP contribution in [0.3, 0.4) is 0 Å². The second kappa shape index (κ2) is 11.6. The van der Waals surface area contributed by atoms with Crippen molar-refractivity contribution >= 4 is 16.8 Å². The highest BCUT2D eigenvalue weighted by atomic mass is 19.1. The molecule has 6 rings (SSSR count). The summed E-state index contributed by atoms with van der Waals surface area (Å²) in [5, 5.41) is 0. The minimum absolute atomic E-state index is 0.0269. The summed E-state index contributed by atoms with van der Waals surface area (Å²) in [5.41, 5.74) is 1.85. The van der Waals surface area contributed by atoms with E-state index in [0.717, 1.165) is 0 Å². The van der Waals surface area contributed by atoms with Crippen LogP contribution in [0.2, 0.25) is 0 Å². The summed E-state index contributed by atoms with van der Waals surface area (Å²) < 4.78 is 52.6. The lowest BCUT2D eigenvalue weighted by atomic mass is 9.96. The van der Waals surface area contributed by atoms with E-state index in [9.17, 15) is 14.0 Å². The van der Waals surface area contributed by atoms with E-state index in [1.54, 1.807) is 24.4 Å². The first-order chi connectivity index (χ1) is 20.9. The van der Waals surface area contributed by atoms with Gasteiger partial charge in [-0.1, -0.05) is 18.2 Å². The van der Waals surface area contributed by atoms with Crippen LogP contribution < -0.4 is 19.6 Å². The average molecular weight is 586 g/mol. The quantitative estimate of drug-likeness (QED) is 0.220. The van der Waals surface area contributed by atoms with Crippen molar-refractivity contribution in [2.75, 3.05) is 20.8 Å². The number of ether oxygens (including phenoxy) is 4. The summed E-state index contributed by atoms with van der Waals surface area (Å²) in [6.07, 6.45) is 2.93. The van der Waals surface area contributed by atoms with Crippen molar-refractivity contribution in [1.29, 1.82) is 0 Å². The SMILES string of the molecule is COc1cc2nccc(Oc3ccc(CC(=O)c4c5n(cc(-c6ccc(F)cc6)c4=O)CCOC5)cc3F)c2nc1OC. The smallest absolute Gasteiger partial charge is 0.257 e. The molecule has 0 atom stereocenters. The molecule has 0 aliphatic carbocycles. The van der Waals surface area contributed by atoms with E-state index in [0.29, 0.717) is 46.8 Å². The van der Waals surface area contributed by atoms with Crippen molar-refractivity contribution in [1.82, 2.24) is 14.5 Å². The number of hydrogen-bond donors (Lipinski definition) is 0. The van der Waals surface area contributed by atoms with Crippen molar-refractivity contribution < 1.29 is 32.5 Å². The second-order valence-corrected chi connectivity index (χ2v) is 9.79. The first kappa shape index (κ1) is 28.0. The van der Waals surface area contributed by atoms with Crippen LogP contribution in [0.15, 0.2) is 71.8 Å². The number of ketones is 1. The Labute approximate surface area is 244 Å². The molecule has 43 heavy (non-hydrogen) atoms. The summed E-state index contributed by atoms with van der Waals surface area (Å²) in [4.78, 5) is 35.8. The molecule has 0 unspecified atom stereocenters. The highest BCUT2D eigenvalue weighted by molar-refractivity contribution is 5.99. The lowest BCUT2D eigenvalue weighted by Gasteiger charge is -2.23.